The molecule has 1 aromatic heterocycles. The van der Waals surface area contributed by atoms with Crippen molar-refractivity contribution >= 4 is 22.0 Å². The lowest BCUT2D eigenvalue weighted by Gasteiger charge is -2.27. The topological polar surface area (TPSA) is 103 Å². The van der Waals surface area contributed by atoms with Crippen LogP contribution < -0.4 is 11.2 Å². The number of hydrogen-bond acceptors (Lipinski definition) is 6. The van der Waals surface area contributed by atoms with Gasteiger partial charge in [0.2, 0.25) is 0 Å². The summed E-state index contributed by atoms with van der Waals surface area (Å²) in [5.74, 6) is 0. The maximum atomic E-state index is 12.1. The van der Waals surface area contributed by atoms with Crippen LogP contribution in [-0.2, 0) is 14.2 Å². The third kappa shape index (κ3) is 4.29. The highest BCUT2D eigenvalue weighted by atomic mass is 79.9. The first kappa shape index (κ1) is 18.5. The average molecular weight is 417 g/mol. The predicted octanol–water partition coefficient (Wildman–Crippen LogP) is 1.09. The van der Waals surface area contributed by atoms with E-state index in [1.54, 1.807) is 0 Å². The average Bonchev–Trinajstić information content (AvgIpc) is 3.01. The Labute approximate surface area is 152 Å². The van der Waals surface area contributed by atoms with E-state index in [-0.39, 0.29) is 19.0 Å². The fourth-order valence-electron chi connectivity index (χ4n) is 3.09. The lowest BCUT2D eigenvalue weighted by molar-refractivity contribution is -0.199. The third-order valence-electron chi connectivity index (χ3n) is 4.37. The Balaban J connectivity index is 1.78. The minimum Gasteiger partial charge on any atom is -0.394 e. The van der Waals surface area contributed by atoms with Gasteiger partial charge >= 0.3 is 5.69 Å². The van der Waals surface area contributed by atoms with E-state index in [1.807, 2.05) is 0 Å². The van der Waals surface area contributed by atoms with E-state index in [4.69, 9.17) is 14.2 Å². The molecule has 9 heteroatoms. The molecule has 0 aromatic carbocycles. The number of nitrogens with zero attached hydrogens (tertiary/aromatic N) is 1. The van der Waals surface area contributed by atoms with Gasteiger partial charge in [-0.3, -0.25) is 14.3 Å². The molecule has 2 aliphatic rings. The Bertz CT molecular complexity index is 724. The lowest BCUT2D eigenvalue weighted by Crippen LogP contribution is -2.34. The number of H-pyrrole nitrogens is 1. The molecule has 1 aromatic rings. The summed E-state index contributed by atoms with van der Waals surface area (Å²) in [6.07, 6.45) is 4.35. The van der Waals surface area contributed by atoms with Crippen molar-refractivity contribution in [1.29, 1.82) is 0 Å². The van der Waals surface area contributed by atoms with Crippen molar-refractivity contribution in [1.82, 2.24) is 9.55 Å². The Kier molecular flexibility index (Phi) is 6.24. The van der Waals surface area contributed by atoms with Crippen LogP contribution in [0.1, 0.15) is 37.5 Å². The van der Waals surface area contributed by atoms with Crippen molar-refractivity contribution in [2.24, 2.45) is 0 Å². The van der Waals surface area contributed by atoms with Gasteiger partial charge in [0.15, 0.2) is 6.29 Å². The van der Waals surface area contributed by atoms with Crippen LogP contribution >= 0.6 is 15.9 Å². The van der Waals surface area contributed by atoms with Gasteiger partial charge in [-0.2, -0.15) is 0 Å². The molecule has 3 rings (SSSR count). The Morgan fingerprint density at radius 2 is 2.28 bits per heavy atom. The van der Waals surface area contributed by atoms with Gasteiger partial charge in [0.05, 0.1) is 18.3 Å². The number of aliphatic hydroxyl groups excluding tert-OH is 1. The number of rotatable bonds is 5. The zero-order valence-electron chi connectivity index (χ0n) is 13.6. The number of ether oxygens (including phenoxy) is 3. The SMILES string of the molecule is O=c1[nH]c(=O)n([C@@H]2CC(OC3CCCCO3)[C@H](CO)O2)cc1C=CBr. The Morgan fingerprint density at radius 1 is 1.44 bits per heavy atom. The zero-order valence-corrected chi connectivity index (χ0v) is 15.2. The van der Waals surface area contributed by atoms with E-state index >= 15 is 0 Å². The monoisotopic (exact) mass is 416 g/mol. The van der Waals surface area contributed by atoms with Crippen molar-refractivity contribution in [3.05, 3.63) is 37.6 Å². The normalized spacial score (nSPS) is 30.2. The molecule has 2 unspecified atom stereocenters. The van der Waals surface area contributed by atoms with Gasteiger partial charge in [-0.25, -0.2) is 4.79 Å². The van der Waals surface area contributed by atoms with Crippen molar-refractivity contribution < 1.29 is 19.3 Å². The summed E-state index contributed by atoms with van der Waals surface area (Å²) in [5.41, 5.74) is -0.717. The molecule has 3 heterocycles. The first-order chi connectivity index (χ1) is 12.1. The smallest absolute Gasteiger partial charge is 0.330 e. The fourth-order valence-corrected chi connectivity index (χ4v) is 3.38. The van der Waals surface area contributed by atoms with E-state index in [0.717, 1.165) is 19.3 Å². The van der Waals surface area contributed by atoms with Crippen molar-refractivity contribution in [2.75, 3.05) is 13.2 Å². The van der Waals surface area contributed by atoms with Crippen LogP contribution in [0, 0.1) is 0 Å². The van der Waals surface area contributed by atoms with Gasteiger partial charge in [-0.15, -0.1) is 0 Å². The quantitative estimate of drug-likeness (QED) is 0.744. The second kappa shape index (κ2) is 8.41. The molecule has 0 saturated carbocycles. The van der Waals surface area contributed by atoms with Crippen LogP contribution in [0.25, 0.3) is 6.08 Å². The molecule has 0 aliphatic carbocycles. The highest BCUT2D eigenvalue weighted by molar-refractivity contribution is 9.11. The summed E-state index contributed by atoms with van der Waals surface area (Å²) < 4.78 is 18.6. The maximum absolute atomic E-state index is 12.1. The van der Waals surface area contributed by atoms with Crippen molar-refractivity contribution in [3.63, 3.8) is 0 Å². The minimum absolute atomic E-state index is 0.222. The highest BCUT2D eigenvalue weighted by Crippen LogP contribution is 2.31. The van der Waals surface area contributed by atoms with Crippen LogP contribution in [0.15, 0.2) is 20.8 Å². The van der Waals surface area contributed by atoms with E-state index in [9.17, 15) is 14.7 Å². The van der Waals surface area contributed by atoms with E-state index in [1.165, 1.54) is 21.8 Å². The molecule has 2 N–H and O–H groups in total. The second-order valence-corrected chi connectivity index (χ2v) is 6.59. The van der Waals surface area contributed by atoms with E-state index in [0.29, 0.717) is 18.6 Å². The number of aromatic amines is 1. The standard InChI is InChI=1S/C16H21BrN2O6/c17-5-4-10-8-19(16(22)18-15(10)21)13-7-11(12(9-20)24-13)25-14-3-1-2-6-23-14/h4-5,8,11-14,20H,1-3,6-7,9H2,(H,18,21,22)/t11?,12-,13-,14?/m0/s1. The molecule has 0 spiro atoms. The van der Waals surface area contributed by atoms with Gasteiger partial charge in [-0.1, -0.05) is 15.9 Å². The van der Waals surface area contributed by atoms with Gasteiger partial charge in [0, 0.05) is 19.2 Å². The third-order valence-corrected chi connectivity index (χ3v) is 4.64. The highest BCUT2D eigenvalue weighted by Gasteiger charge is 2.39. The Hall–Kier alpha value is -1.26. The Morgan fingerprint density at radius 3 is 2.96 bits per heavy atom. The molecule has 4 atom stereocenters. The van der Waals surface area contributed by atoms with Crippen LogP contribution in [-0.4, -0.2) is 46.4 Å². The summed E-state index contributed by atoms with van der Waals surface area (Å²) in [6, 6.07) is 0. The molecule has 0 amide bonds. The van der Waals surface area contributed by atoms with Gasteiger partial charge < -0.3 is 19.3 Å². The molecule has 2 fully saturated rings. The first-order valence-electron chi connectivity index (χ1n) is 8.28. The van der Waals surface area contributed by atoms with Crippen LogP contribution in [0.2, 0.25) is 0 Å². The van der Waals surface area contributed by atoms with Crippen LogP contribution in [0.3, 0.4) is 0 Å². The van der Waals surface area contributed by atoms with E-state index < -0.39 is 23.6 Å². The number of halogens is 1. The number of hydrogen-bond donors (Lipinski definition) is 2. The molecule has 25 heavy (non-hydrogen) atoms. The molecule has 2 saturated heterocycles. The molecule has 8 nitrogen and oxygen atoms in total. The zero-order chi connectivity index (χ0) is 17.8. The summed E-state index contributed by atoms with van der Waals surface area (Å²) in [4.78, 5) is 27.7. The molecular weight excluding hydrogens is 396 g/mol. The van der Waals surface area contributed by atoms with Gasteiger partial charge in [0.25, 0.3) is 5.56 Å². The van der Waals surface area contributed by atoms with Crippen molar-refractivity contribution in [2.45, 2.75) is 50.4 Å². The van der Waals surface area contributed by atoms with Crippen LogP contribution in [0.4, 0.5) is 0 Å². The van der Waals surface area contributed by atoms with Gasteiger partial charge in [0.1, 0.15) is 12.3 Å². The number of aliphatic hydroxyl groups is 1. The molecule has 0 radical (unpaired) electrons. The molecule has 2 aliphatic heterocycles. The van der Waals surface area contributed by atoms with Gasteiger partial charge in [-0.05, 0) is 30.3 Å². The lowest BCUT2D eigenvalue weighted by atomic mass is 10.1. The van der Waals surface area contributed by atoms with Crippen molar-refractivity contribution in [3.8, 4) is 0 Å². The fraction of sp³-hybridized carbons (Fsp3) is 0.625. The number of nitrogens with one attached hydrogen (secondary N) is 1. The molecule has 0 bridgehead atoms. The largest absolute Gasteiger partial charge is 0.394 e. The maximum Gasteiger partial charge on any atom is 0.330 e. The number of aromatic nitrogens is 2. The predicted molar refractivity (Wildman–Crippen MR) is 93.4 cm³/mol. The summed E-state index contributed by atoms with van der Waals surface area (Å²) in [6.45, 7) is 0.438. The summed E-state index contributed by atoms with van der Waals surface area (Å²) in [5, 5.41) is 9.57. The first-order valence-corrected chi connectivity index (χ1v) is 9.19. The summed E-state index contributed by atoms with van der Waals surface area (Å²) in [7, 11) is 0. The second-order valence-electron chi connectivity index (χ2n) is 6.06. The summed E-state index contributed by atoms with van der Waals surface area (Å²) >= 11 is 3.11. The van der Waals surface area contributed by atoms with E-state index in [2.05, 4.69) is 20.9 Å². The van der Waals surface area contributed by atoms with Crippen LogP contribution in [0.5, 0.6) is 0 Å². The minimum atomic E-state index is -0.627. The molecular formula is C16H21BrN2O6. The molecule has 138 valence electrons.